The van der Waals surface area contributed by atoms with Crippen molar-refractivity contribution in [2.45, 2.75) is 19.4 Å². The van der Waals surface area contributed by atoms with Gasteiger partial charge in [0.1, 0.15) is 24.0 Å². The molecular formula is C22H19BrF2O4. The average Bonchev–Trinajstić information content (AvgIpc) is 2.64. The van der Waals surface area contributed by atoms with Gasteiger partial charge in [0, 0.05) is 24.7 Å². The van der Waals surface area contributed by atoms with Crippen molar-refractivity contribution in [3.63, 3.8) is 0 Å². The SMILES string of the molecule is CCO[C@@H](Cc1ccc(OC/C=C/C#Cc2cc(F)cc(F)c2)c(Br)c1)C(=O)O. The van der Waals surface area contributed by atoms with Crippen LogP contribution in [0.2, 0.25) is 0 Å². The standard InChI is InChI=1S/C22H19BrF2O4/c1-2-28-21(22(26)27)13-16-7-8-20(19(23)12-16)29-9-5-3-4-6-15-10-17(24)14-18(25)11-15/h3,5,7-8,10-12,14,21H,2,9,13H2,1H3,(H,26,27)/b5-3+/t21-/m0/s1. The summed E-state index contributed by atoms with van der Waals surface area (Å²) >= 11 is 3.40. The summed E-state index contributed by atoms with van der Waals surface area (Å²) in [7, 11) is 0. The van der Waals surface area contributed by atoms with Crippen LogP contribution in [0.5, 0.6) is 5.75 Å². The van der Waals surface area contributed by atoms with Gasteiger partial charge in [0.05, 0.1) is 4.47 Å². The Morgan fingerprint density at radius 2 is 1.97 bits per heavy atom. The van der Waals surface area contributed by atoms with Gasteiger partial charge in [0.15, 0.2) is 6.10 Å². The van der Waals surface area contributed by atoms with Crippen molar-refractivity contribution >= 4 is 21.9 Å². The molecule has 2 aromatic rings. The second-order valence-corrected chi connectivity index (χ2v) is 6.75. The number of aliphatic carboxylic acids is 1. The minimum Gasteiger partial charge on any atom is -0.488 e. The lowest BCUT2D eigenvalue weighted by Gasteiger charge is -2.13. The van der Waals surface area contributed by atoms with Gasteiger partial charge in [0.2, 0.25) is 0 Å². The highest BCUT2D eigenvalue weighted by Gasteiger charge is 2.18. The molecule has 7 heteroatoms. The van der Waals surface area contributed by atoms with E-state index in [9.17, 15) is 13.6 Å². The predicted molar refractivity (Wildman–Crippen MR) is 109 cm³/mol. The summed E-state index contributed by atoms with van der Waals surface area (Å²) in [4.78, 5) is 11.2. The number of rotatable bonds is 8. The van der Waals surface area contributed by atoms with Gasteiger partial charge in [-0.15, -0.1) is 0 Å². The van der Waals surface area contributed by atoms with Crippen LogP contribution >= 0.6 is 15.9 Å². The molecule has 0 aliphatic rings. The Morgan fingerprint density at radius 1 is 1.24 bits per heavy atom. The third-order valence-electron chi connectivity index (χ3n) is 3.68. The molecule has 0 fully saturated rings. The first-order valence-electron chi connectivity index (χ1n) is 8.77. The molecule has 0 saturated carbocycles. The number of carboxylic acids is 1. The Labute approximate surface area is 176 Å². The molecule has 0 aliphatic carbocycles. The Bertz CT molecular complexity index is 927. The minimum atomic E-state index is -1.00. The lowest BCUT2D eigenvalue weighted by Crippen LogP contribution is -2.26. The van der Waals surface area contributed by atoms with E-state index in [-0.39, 0.29) is 18.6 Å². The molecule has 0 bridgehead atoms. The van der Waals surface area contributed by atoms with Crippen molar-refractivity contribution in [2.75, 3.05) is 13.2 Å². The maximum atomic E-state index is 13.1. The van der Waals surface area contributed by atoms with E-state index < -0.39 is 23.7 Å². The molecule has 29 heavy (non-hydrogen) atoms. The second kappa shape index (κ2) is 11.3. The molecule has 0 radical (unpaired) electrons. The highest BCUT2D eigenvalue weighted by molar-refractivity contribution is 9.10. The van der Waals surface area contributed by atoms with Crippen LogP contribution < -0.4 is 4.74 Å². The first-order valence-corrected chi connectivity index (χ1v) is 9.56. The van der Waals surface area contributed by atoms with Gasteiger partial charge in [-0.3, -0.25) is 0 Å². The van der Waals surface area contributed by atoms with Crippen molar-refractivity contribution in [3.05, 3.63) is 75.8 Å². The summed E-state index contributed by atoms with van der Waals surface area (Å²) in [6.45, 7) is 2.31. The summed E-state index contributed by atoms with van der Waals surface area (Å²) in [5.74, 6) is 3.56. The fourth-order valence-electron chi connectivity index (χ4n) is 2.42. The molecule has 0 aromatic heterocycles. The number of ether oxygens (including phenoxy) is 2. The third-order valence-corrected chi connectivity index (χ3v) is 4.30. The van der Waals surface area contributed by atoms with Crippen LogP contribution in [0.4, 0.5) is 8.78 Å². The van der Waals surface area contributed by atoms with E-state index in [0.717, 1.165) is 23.8 Å². The van der Waals surface area contributed by atoms with Crippen LogP contribution in [0.25, 0.3) is 0 Å². The summed E-state index contributed by atoms with van der Waals surface area (Å²) < 4.78 is 37.7. The highest BCUT2D eigenvalue weighted by Crippen LogP contribution is 2.26. The van der Waals surface area contributed by atoms with E-state index in [1.807, 2.05) is 0 Å². The van der Waals surface area contributed by atoms with E-state index in [4.69, 9.17) is 14.6 Å². The zero-order chi connectivity index (χ0) is 21.2. The molecule has 0 amide bonds. The van der Waals surface area contributed by atoms with Crippen LogP contribution in [0.3, 0.4) is 0 Å². The summed E-state index contributed by atoms with van der Waals surface area (Å²) in [5.41, 5.74) is 1.05. The van der Waals surface area contributed by atoms with Crippen LogP contribution in [0.15, 0.2) is 53.0 Å². The van der Waals surface area contributed by atoms with E-state index in [1.165, 1.54) is 6.08 Å². The molecular weight excluding hydrogens is 446 g/mol. The van der Waals surface area contributed by atoms with Gasteiger partial charge >= 0.3 is 5.97 Å². The summed E-state index contributed by atoms with van der Waals surface area (Å²) in [5, 5.41) is 9.16. The number of carbonyl (C=O) groups is 1. The number of benzene rings is 2. The third kappa shape index (κ3) is 7.68. The van der Waals surface area contributed by atoms with Gasteiger partial charge in [-0.2, -0.15) is 0 Å². The van der Waals surface area contributed by atoms with E-state index >= 15 is 0 Å². The molecule has 0 spiro atoms. The molecule has 0 heterocycles. The Hall–Kier alpha value is -2.69. The highest BCUT2D eigenvalue weighted by atomic mass is 79.9. The van der Waals surface area contributed by atoms with Crippen molar-refractivity contribution < 1.29 is 28.2 Å². The minimum absolute atomic E-state index is 0.237. The van der Waals surface area contributed by atoms with Crippen molar-refractivity contribution in [2.24, 2.45) is 0 Å². The van der Waals surface area contributed by atoms with Gasteiger partial charge < -0.3 is 14.6 Å². The summed E-state index contributed by atoms with van der Waals surface area (Å²) in [6.07, 6.45) is 2.55. The normalized spacial score (nSPS) is 11.7. The maximum Gasteiger partial charge on any atom is 0.333 e. The molecule has 152 valence electrons. The van der Waals surface area contributed by atoms with Crippen LogP contribution in [-0.4, -0.2) is 30.4 Å². The van der Waals surface area contributed by atoms with Crippen LogP contribution in [0.1, 0.15) is 18.1 Å². The number of halogens is 3. The molecule has 0 saturated heterocycles. The van der Waals surface area contributed by atoms with E-state index in [0.29, 0.717) is 16.8 Å². The number of carboxylic acid groups (broad SMARTS) is 1. The first kappa shape index (κ1) is 22.6. The topological polar surface area (TPSA) is 55.8 Å². The van der Waals surface area contributed by atoms with E-state index in [1.54, 1.807) is 31.2 Å². The molecule has 2 rings (SSSR count). The summed E-state index contributed by atoms with van der Waals surface area (Å²) in [6, 6.07) is 8.39. The Balaban J connectivity index is 1.90. The molecule has 1 N–H and O–H groups in total. The van der Waals surface area contributed by atoms with Crippen LogP contribution in [-0.2, 0) is 16.0 Å². The van der Waals surface area contributed by atoms with Crippen molar-refractivity contribution in [3.8, 4) is 17.6 Å². The van der Waals surface area contributed by atoms with Gasteiger partial charge in [0.25, 0.3) is 0 Å². The first-order chi connectivity index (χ1) is 13.9. The van der Waals surface area contributed by atoms with E-state index in [2.05, 4.69) is 27.8 Å². The number of allylic oxidation sites excluding steroid dienone is 1. The van der Waals surface area contributed by atoms with Gasteiger partial charge in [-0.05, 0) is 64.8 Å². The molecule has 1 atom stereocenters. The average molecular weight is 465 g/mol. The zero-order valence-corrected chi connectivity index (χ0v) is 17.2. The Morgan fingerprint density at radius 3 is 2.59 bits per heavy atom. The van der Waals surface area contributed by atoms with Crippen molar-refractivity contribution in [1.29, 1.82) is 0 Å². The quantitative estimate of drug-likeness (QED) is 0.572. The lowest BCUT2D eigenvalue weighted by molar-refractivity contribution is -0.149. The fourth-order valence-corrected chi connectivity index (χ4v) is 2.96. The molecule has 0 aliphatic heterocycles. The largest absolute Gasteiger partial charge is 0.488 e. The van der Waals surface area contributed by atoms with Gasteiger partial charge in [-0.1, -0.05) is 17.9 Å². The lowest BCUT2D eigenvalue weighted by atomic mass is 10.1. The molecule has 2 aromatic carbocycles. The number of hydrogen-bond acceptors (Lipinski definition) is 3. The van der Waals surface area contributed by atoms with Crippen molar-refractivity contribution in [1.82, 2.24) is 0 Å². The smallest absolute Gasteiger partial charge is 0.333 e. The molecule has 4 nitrogen and oxygen atoms in total. The monoisotopic (exact) mass is 464 g/mol. The maximum absolute atomic E-state index is 13.1. The van der Waals surface area contributed by atoms with Crippen LogP contribution in [0, 0.1) is 23.5 Å². The molecule has 0 unspecified atom stereocenters. The predicted octanol–water partition coefficient (Wildman–Crippen LogP) is 4.75. The second-order valence-electron chi connectivity index (χ2n) is 5.89. The fraction of sp³-hybridized carbons (Fsp3) is 0.227. The zero-order valence-electron chi connectivity index (χ0n) is 15.6. The number of hydrogen-bond donors (Lipinski definition) is 1. The van der Waals surface area contributed by atoms with Gasteiger partial charge in [-0.25, -0.2) is 13.6 Å². The Kier molecular flexibility index (Phi) is 8.84.